The average molecular weight is 264 g/mol. The first-order valence-corrected chi connectivity index (χ1v) is 6.85. The molecule has 4 nitrogen and oxygen atoms in total. The van der Waals surface area contributed by atoms with E-state index in [1.165, 1.54) is 0 Å². The molecule has 0 amide bonds. The second-order valence-corrected chi connectivity index (χ2v) is 7.28. The highest BCUT2D eigenvalue weighted by molar-refractivity contribution is 5.57. The van der Waals surface area contributed by atoms with Gasteiger partial charge >= 0.3 is 0 Å². The molecular formula is C15H28N4. The number of rotatable bonds is 3. The molecular weight excluding hydrogens is 236 g/mol. The Kier molecular flexibility index (Phi) is 4.43. The van der Waals surface area contributed by atoms with E-state index >= 15 is 0 Å². The van der Waals surface area contributed by atoms with E-state index in [0.29, 0.717) is 0 Å². The summed E-state index contributed by atoms with van der Waals surface area (Å²) in [5.41, 5.74) is 1.23. The third kappa shape index (κ3) is 4.37. The van der Waals surface area contributed by atoms with E-state index in [2.05, 4.69) is 57.2 Å². The van der Waals surface area contributed by atoms with Crippen molar-refractivity contribution in [3.8, 4) is 0 Å². The maximum atomic E-state index is 4.69. The zero-order chi connectivity index (χ0) is 14.8. The number of hydrogen-bond acceptors (Lipinski definition) is 4. The number of nitrogens with one attached hydrogen (secondary N) is 2. The summed E-state index contributed by atoms with van der Waals surface area (Å²) in [5, 5.41) is 6.60. The zero-order valence-corrected chi connectivity index (χ0v) is 13.6. The molecule has 0 bridgehead atoms. The Morgan fingerprint density at radius 2 is 1.47 bits per heavy atom. The van der Waals surface area contributed by atoms with Crippen molar-refractivity contribution in [3.05, 3.63) is 11.4 Å². The van der Waals surface area contributed by atoms with Gasteiger partial charge in [-0.3, -0.25) is 0 Å². The van der Waals surface area contributed by atoms with Crippen molar-refractivity contribution in [1.82, 2.24) is 9.97 Å². The molecule has 0 unspecified atom stereocenters. The fourth-order valence-electron chi connectivity index (χ4n) is 1.62. The zero-order valence-electron chi connectivity index (χ0n) is 13.6. The van der Waals surface area contributed by atoms with Gasteiger partial charge < -0.3 is 10.6 Å². The molecule has 108 valence electrons. The van der Waals surface area contributed by atoms with E-state index in [-0.39, 0.29) is 10.8 Å². The topological polar surface area (TPSA) is 49.8 Å². The molecule has 0 fully saturated rings. The summed E-state index contributed by atoms with van der Waals surface area (Å²) in [6.45, 7) is 15.9. The normalized spacial score (nSPS) is 12.4. The van der Waals surface area contributed by atoms with Gasteiger partial charge in [-0.2, -0.15) is 0 Å². The lowest BCUT2D eigenvalue weighted by molar-refractivity contribution is 0.442. The fourth-order valence-corrected chi connectivity index (χ4v) is 1.62. The van der Waals surface area contributed by atoms with Gasteiger partial charge in [-0.15, -0.1) is 0 Å². The summed E-state index contributed by atoms with van der Waals surface area (Å²) < 4.78 is 0. The molecule has 0 radical (unpaired) electrons. The summed E-state index contributed by atoms with van der Waals surface area (Å²) in [6.07, 6.45) is 0. The van der Waals surface area contributed by atoms with Crippen LogP contribution < -0.4 is 10.6 Å². The second kappa shape index (κ2) is 5.35. The van der Waals surface area contributed by atoms with Crippen molar-refractivity contribution in [3.63, 3.8) is 0 Å². The third-order valence-corrected chi connectivity index (χ3v) is 2.84. The van der Waals surface area contributed by atoms with Gasteiger partial charge in [0.05, 0.1) is 0 Å². The van der Waals surface area contributed by atoms with Crippen LogP contribution >= 0.6 is 0 Å². The van der Waals surface area contributed by atoms with Crippen LogP contribution in [0.1, 0.15) is 52.9 Å². The highest BCUT2D eigenvalue weighted by Crippen LogP contribution is 2.26. The second-order valence-electron chi connectivity index (χ2n) is 7.28. The summed E-state index contributed by atoms with van der Waals surface area (Å²) >= 11 is 0. The minimum atomic E-state index is -0.0581. The summed E-state index contributed by atoms with van der Waals surface area (Å²) in [7, 11) is 1.90. The van der Waals surface area contributed by atoms with Crippen LogP contribution in [0.15, 0.2) is 0 Å². The summed E-state index contributed by atoms with van der Waals surface area (Å²) in [6, 6.07) is 0. The standard InChI is InChI=1S/C15H28N4/c1-10-11(16-8)18-13(15(5,6)7)19-12(10)17-9-14(2,3)4/h9H2,1-8H3,(H2,16,17,18,19). The average Bonchev–Trinajstić information content (AvgIpc) is 2.25. The SMILES string of the molecule is CNc1nc(C(C)(C)C)nc(NCC(C)(C)C)c1C. The molecule has 1 aromatic heterocycles. The molecule has 0 aliphatic heterocycles. The largest absolute Gasteiger partial charge is 0.373 e. The van der Waals surface area contributed by atoms with Crippen molar-refractivity contribution >= 4 is 11.6 Å². The van der Waals surface area contributed by atoms with Crippen LogP contribution in [0.5, 0.6) is 0 Å². The molecule has 2 N–H and O–H groups in total. The van der Waals surface area contributed by atoms with Gasteiger partial charge in [-0.1, -0.05) is 41.5 Å². The van der Waals surface area contributed by atoms with Crippen molar-refractivity contribution < 1.29 is 0 Å². The lowest BCUT2D eigenvalue weighted by Gasteiger charge is -2.23. The Bertz CT molecular complexity index is 439. The van der Waals surface area contributed by atoms with E-state index < -0.39 is 0 Å². The van der Waals surface area contributed by atoms with Crippen LogP contribution in [0.3, 0.4) is 0 Å². The first-order valence-electron chi connectivity index (χ1n) is 6.85. The highest BCUT2D eigenvalue weighted by atomic mass is 15.1. The van der Waals surface area contributed by atoms with Crippen molar-refractivity contribution in [2.24, 2.45) is 5.41 Å². The maximum absolute atomic E-state index is 4.69. The number of anilines is 2. The minimum Gasteiger partial charge on any atom is -0.373 e. The van der Waals surface area contributed by atoms with Crippen LogP contribution in [0.25, 0.3) is 0 Å². The van der Waals surface area contributed by atoms with Crippen LogP contribution in [0, 0.1) is 12.3 Å². The third-order valence-electron chi connectivity index (χ3n) is 2.84. The van der Waals surface area contributed by atoms with Crippen LogP contribution in [0.4, 0.5) is 11.6 Å². The molecule has 1 heterocycles. The van der Waals surface area contributed by atoms with Gasteiger partial charge in [0, 0.05) is 24.6 Å². The Labute approximate surface area is 117 Å². The molecule has 1 aromatic rings. The molecule has 0 spiro atoms. The molecule has 0 saturated carbocycles. The molecule has 0 aliphatic rings. The lowest BCUT2D eigenvalue weighted by Crippen LogP contribution is -2.23. The van der Waals surface area contributed by atoms with E-state index in [1.807, 2.05) is 14.0 Å². The van der Waals surface area contributed by atoms with E-state index in [9.17, 15) is 0 Å². The minimum absolute atomic E-state index is 0.0581. The van der Waals surface area contributed by atoms with Crippen LogP contribution in [-0.4, -0.2) is 23.6 Å². The maximum Gasteiger partial charge on any atom is 0.138 e. The molecule has 19 heavy (non-hydrogen) atoms. The molecule has 0 aliphatic carbocycles. The smallest absolute Gasteiger partial charge is 0.138 e. The van der Waals surface area contributed by atoms with Gasteiger partial charge in [-0.05, 0) is 12.3 Å². The van der Waals surface area contributed by atoms with Gasteiger partial charge in [0.1, 0.15) is 17.5 Å². The van der Waals surface area contributed by atoms with Gasteiger partial charge in [-0.25, -0.2) is 9.97 Å². The Morgan fingerprint density at radius 3 is 1.89 bits per heavy atom. The lowest BCUT2D eigenvalue weighted by atomic mass is 9.95. The monoisotopic (exact) mass is 264 g/mol. The summed E-state index contributed by atoms with van der Waals surface area (Å²) in [4.78, 5) is 9.30. The van der Waals surface area contributed by atoms with Crippen molar-refractivity contribution in [2.45, 2.75) is 53.9 Å². The quantitative estimate of drug-likeness (QED) is 0.876. The Balaban J connectivity index is 3.15. The molecule has 0 saturated heterocycles. The van der Waals surface area contributed by atoms with Crippen molar-refractivity contribution in [2.75, 3.05) is 24.2 Å². The van der Waals surface area contributed by atoms with E-state index in [0.717, 1.165) is 29.6 Å². The predicted octanol–water partition coefficient (Wildman–Crippen LogP) is 3.58. The molecule has 4 heteroatoms. The molecule has 0 aromatic carbocycles. The predicted molar refractivity (Wildman–Crippen MR) is 83.0 cm³/mol. The Hall–Kier alpha value is -1.32. The van der Waals surface area contributed by atoms with Crippen LogP contribution in [-0.2, 0) is 5.41 Å². The van der Waals surface area contributed by atoms with E-state index in [1.54, 1.807) is 0 Å². The number of aromatic nitrogens is 2. The first kappa shape index (κ1) is 15.7. The first-order chi connectivity index (χ1) is 8.54. The van der Waals surface area contributed by atoms with E-state index in [4.69, 9.17) is 4.98 Å². The van der Waals surface area contributed by atoms with Crippen molar-refractivity contribution in [1.29, 1.82) is 0 Å². The Morgan fingerprint density at radius 1 is 0.947 bits per heavy atom. The molecule has 1 rings (SSSR count). The van der Waals surface area contributed by atoms with Gasteiger partial charge in [0.2, 0.25) is 0 Å². The van der Waals surface area contributed by atoms with Crippen LogP contribution in [0.2, 0.25) is 0 Å². The number of nitrogens with zero attached hydrogens (tertiary/aromatic N) is 2. The highest BCUT2D eigenvalue weighted by Gasteiger charge is 2.21. The van der Waals surface area contributed by atoms with Gasteiger partial charge in [0.25, 0.3) is 0 Å². The van der Waals surface area contributed by atoms with Gasteiger partial charge in [0.15, 0.2) is 0 Å². The summed E-state index contributed by atoms with van der Waals surface area (Å²) in [5.74, 6) is 2.69. The fraction of sp³-hybridized carbons (Fsp3) is 0.733. The molecule has 0 atom stereocenters. The number of hydrogen-bond donors (Lipinski definition) is 2.